The van der Waals surface area contributed by atoms with Gasteiger partial charge in [-0.1, -0.05) is 48.5 Å². The Hall–Kier alpha value is -2.44. The second-order valence-electron chi connectivity index (χ2n) is 5.07. The zero-order chi connectivity index (χ0) is 17.5. The van der Waals surface area contributed by atoms with E-state index in [1.807, 2.05) is 35.2 Å². The number of halogens is 1. The summed E-state index contributed by atoms with van der Waals surface area (Å²) in [5.41, 5.74) is 1.43. The van der Waals surface area contributed by atoms with Crippen LogP contribution in [0.1, 0.15) is 5.56 Å². The smallest absolute Gasteiger partial charge is 0.250 e. The first kappa shape index (κ1) is 17.9. The number of aliphatic hydroxyl groups excluding tert-OH is 1. The number of aliphatic hydroxyl groups is 1. The van der Waals surface area contributed by atoms with Gasteiger partial charge in [0.15, 0.2) is 11.0 Å². The Morgan fingerprint density at radius 2 is 2.04 bits per heavy atom. The molecule has 0 unspecified atom stereocenters. The van der Waals surface area contributed by atoms with E-state index in [0.29, 0.717) is 24.6 Å². The monoisotopic (exact) mass is 346 g/mol. The number of nitrogens with zero attached hydrogens (tertiary/aromatic N) is 4. The summed E-state index contributed by atoms with van der Waals surface area (Å²) in [6, 6.07) is 9.77. The molecular formula is C17H19ClN4O2. The maximum atomic E-state index is 12.0. The molecule has 0 bridgehead atoms. The lowest BCUT2D eigenvalue weighted by atomic mass is 10.2. The number of rotatable bonds is 7. The van der Waals surface area contributed by atoms with Crippen LogP contribution in [0.2, 0.25) is 5.15 Å². The van der Waals surface area contributed by atoms with Gasteiger partial charge in [0.1, 0.15) is 12.0 Å². The third-order valence-electron chi connectivity index (χ3n) is 3.48. The lowest BCUT2D eigenvalue weighted by Crippen LogP contribution is -2.32. The molecule has 126 valence electrons. The normalized spacial score (nSPS) is 10.3. The van der Waals surface area contributed by atoms with Crippen molar-refractivity contribution in [2.45, 2.75) is 6.54 Å². The zero-order valence-corrected chi connectivity index (χ0v) is 14.1. The summed E-state index contributed by atoms with van der Waals surface area (Å²) in [7, 11) is 1.58. The van der Waals surface area contributed by atoms with Crippen LogP contribution in [-0.4, -0.2) is 41.2 Å². The summed E-state index contributed by atoms with van der Waals surface area (Å²) >= 11 is 6.20. The van der Waals surface area contributed by atoms with Crippen LogP contribution in [0.15, 0.2) is 49.3 Å². The summed E-state index contributed by atoms with van der Waals surface area (Å²) in [6.45, 7) is 4.27. The Kier molecular flexibility index (Phi) is 6.28. The fraction of sp³-hybridized carbons (Fsp3) is 0.235. The van der Waals surface area contributed by atoms with Crippen LogP contribution in [0, 0.1) is 0 Å². The molecule has 0 fully saturated rings. The van der Waals surface area contributed by atoms with Gasteiger partial charge >= 0.3 is 0 Å². The summed E-state index contributed by atoms with van der Waals surface area (Å²) in [5.74, 6) is 0.155. The van der Waals surface area contributed by atoms with Crippen LogP contribution in [0.4, 0.5) is 11.5 Å². The molecule has 0 aliphatic rings. The minimum atomic E-state index is -0.323. The molecule has 0 aliphatic heterocycles. The molecule has 0 spiro atoms. The molecule has 7 heteroatoms. The minimum absolute atomic E-state index is 0.0625. The van der Waals surface area contributed by atoms with Crippen LogP contribution < -0.4 is 9.80 Å². The molecule has 0 saturated carbocycles. The van der Waals surface area contributed by atoms with E-state index in [1.165, 1.54) is 17.3 Å². The Bertz CT molecular complexity index is 709. The third kappa shape index (κ3) is 4.10. The number of hydrogen-bond acceptors (Lipinski definition) is 5. The molecule has 2 rings (SSSR count). The van der Waals surface area contributed by atoms with Crippen LogP contribution in [0.25, 0.3) is 0 Å². The van der Waals surface area contributed by atoms with Crippen molar-refractivity contribution in [2.24, 2.45) is 0 Å². The highest BCUT2D eigenvalue weighted by molar-refractivity contribution is 6.33. The minimum Gasteiger partial charge on any atom is -0.395 e. The van der Waals surface area contributed by atoms with Crippen molar-refractivity contribution < 1.29 is 9.90 Å². The maximum Gasteiger partial charge on any atom is 0.250 e. The number of carbonyl (C=O) groups is 1. The molecule has 1 aromatic carbocycles. The number of likely N-dealkylation sites (N-methyl/N-ethyl adjacent to an activating group) is 1. The number of benzene rings is 1. The molecule has 1 heterocycles. The summed E-state index contributed by atoms with van der Waals surface area (Å²) in [5, 5.41) is 9.58. The van der Waals surface area contributed by atoms with Crippen LogP contribution in [0.3, 0.4) is 0 Å². The molecule has 0 saturated heterocycles. The molecular weight excluding hydrogens is 328 g/mol. The van der Waals surface area contributed by atoms with E-state index < -0.39 is 0 Å². The Labute approximate surface area is 146 Å². The van der Waals surface area contributed by atoms with Crippen molar-refractivity contribution in [2.75, 3.05) is 30.0 Å². The highest BCUT2D eigenvalue weighted by atomic mass is 35.5. The van der Waals surface area contributed by atoms with E-state index in [0.717, 1.165) is 5.56 Å². The van der Waals surface area contributed by atoms with Crippen molar-refractivity contribution in [1.82, 2.24) is 9.97 Å². The van der Waals surface area contributed by atoms with Crippen molar-refractivity contribution in [1.29, 1.82) is 0 Å². The van der Waals surface area contributed by atoms with E-state index in [2.05, 4.69) is 16.5 Å². The first-order valence-electron chi connectivity index (χ1n) is 7.38. The van der Waals surface area contributed by atoms with Gasteiger partial charge in [-0.05, 0) is 11.6 Å². The second kappa shape index (κ2) is 8.42. The average Bonchev–Trinajstić information content (AvgIpc) is 2.60. The number of hydrogen-bond donors (Lipinski definition) is 1. The van der Waals surface area contributed by atoms with Gasteiger partial charge in [0, 0.05) is 20.1 Å². The van der Waals surface area contributed by atoms with E-state index in [9.17, 15) is 9.90 Å². The maximum absolute atomic E-state index is 12.0. The first-order chi connectivity index (χ1) is 11.6. The highest BCUT2D eigenvalue weighted by Gasteiger charge is 2.22. The molecule has 0 atom stereocenters. The number of anilines is 2. The summed E-state index contributed by atoms with van der Waals surface area (Å²) in [6.07, 6.45) is 2.53. The van der Waals surface area contributed by atoms with Gasteiger partial charge in [0.25, 0.3) is 0 Å². The summed E-state index contributed by atoms with van der Waals surface area (Å²) < 4.78 is 0. The standard InChI is InChI=1S/C17H19ClN4O2/c1-3-14(24)21(2)15-16(18)19-12-20-17(15)22(9-10-23)11-13-7-5-4-6-8-13/h3-8,12,23H,1,9-11H2,2H3. The average molecular weight is 347 g/mol. The van der Waals surface area contributed by atoms with E-state index in [4.69, 9.17) is 11.6 Å². The Balaban J connectivity index is 2.44. The Morgan fingerprint density at radius 3 is 2.67 bits per heavy atom. The third-order valence-corrected chi connectivity index (χ3v) is 3.76. The molecule has 24 heavy (non-hydrogen) atoms. The van der Waals surface area contributed by atoms with Crippen molar-refractivity contribution in [3.8, 4) is 0 Å². The fourth-order valence-corrected chi connectivity index (χ4v) is 2.56. The molecule has 1 N–H and O–H groups in total. The van der Waals surface area contributed by atoms with Crippen LogP contribution >= 0.6 is 11.6 Å². The lowest BCUT2D eigenvalue weighted by Gasteiger charge is -2.28. The number of aromatic nitrogens is 2. The SMILES string of the molecule is C=CC(=O)N(C)c1c(Cl)ncnc1N(CCO)Cc1ccccc1. The van der Waals surface area contributed by atoms with Crippen LogP contribution in [0.5, 0.6) is 0 Å². The predicted octanol–water partition coefficient (Wildman–Crippen LogP) is 2.28. The van der Waals surface area contributed by atoms with Gasteiger partial charge in [-0.25, -0.2) is 9.97 Å². The van der Waals surface area contributed by atoms with Crippen molar-refractivity contribution in [3.63, 3.8) is 0 Å². The van der Waals surface area contributed by atoms with E-state index >= 15 is 0 Å². The molecule has 6 nitrogen and oxygen atoms in total. The fourth-order valence-electron chi connectivity index (χ4n) is 2.30. The van der Waals surface area contributed by atoms with Gasteiger partial charge < -0.3 is 14.9 Å². The lowest BCUT2D eigenvalue weighted by molar-refractivity contribution is -0.113. The van der Waals surface area contributed by atoms with Gasteiger partial charge in [-0.3, -0.25) is 4.79 Å². The zero-order valence-electron chi connectivity index (χ0n) is 13.4. The molecule has 2 aromatic rings. The quantitative estimate of drug-likeness (QED) is 0.615. The Morgan fingerprint density at radius 1 is 1.33 bits per heavy atom. The summed E-state index contributed by atoms with van der Waals surface area (Å²) in [4.78, 5) is 23.4. The molecule has 0 radical (unpaired) electrons. The first-order valence-corrected chi connectivity index (χ1v) is 7.76. The topological polar surface area (TPSA) is 69.6 Å². The highest BCUT2D eigenvalue weighted by Crippen LogP contribution is 2.33. The van der Waals surface area contributed by atoms with Gasteiger partial charge in [-0.2, -0.15) is 0 Å². The largest absolute Gasteiger partial charge is 0.395 e. The van der Waals surface area contributed by atoms with Gasteiger partial charge in [0.2, 0.25) is 5.91 Å². The van der Waals surface area contributed by atoms with Crippen molar-refractivity contribution >= 4 is 29.0 Å². The molecule has 1 aromatic heterocycles. The van der Waals surface area contributed by atoms with Crippen molar-refractivity contribution in [3.05, 3.63) is 60.0 Å². The van der Waals surface area contributed by atoms with Gasteiger partial charge in [-0.15, -0.1) is 0 Å². The van der Waals surface area contributed by atoms with Gasteiger partial charge in [0.05, 0.1) is 6.61 Å². The van der Waals surface area contributed by atoms with Crippen LogP contribution in [-0.2, 0) is 11.3 Å². The predicted molar refractivity (Wildman–Crippen MR) is 95.2 cm³/mol. The second-order valence-corrected chi connectivity index (χ2v) is 5.43. The van der Waals surface area contributed by atoms with E-state index in [1.54, 1.807) is 7.05 Å². The molecule has 1 amide bonds. The van der Waals surface area contributed by atoms with E-state index in [-0.39, 0.29) is 17.7 Å². The number of carbonyl (C=O) groups excluding carboxylic acids is 1. The number of amides is 1. The molecule has 0 aliphatic carbocycles.